The lowest BCUT2D eigenvalue weighted by Gasteiger charge is -2.47. The van der Waals surface area contributed by atoms with Gasteiger partial charge in [0, 0.05) is 18.2 Å². The smallest absolute Gasteiger partial charge is 0.264 e. The summed E-state index contributed by atoms with van der Waals surface area (Å²) in [4.78, 5) is 30.8. The molecule has 206 valence electrons. The Hall–Kier alpha value is -4.14. The van der Waals surface area contributed by atoms with Crippen LogP contribution in [0.15, 0.2) is 131 Å². The average molecular weight is 581 g/mol. The monoisotopic (exact) mass is 580 g/mol. The molecule has 2 amide bonds. The molecular weight excluding hydrogens is 553 g/mol. The minimum Gasteiger partial charge on any atom is -0.304 e. The Balaban J connectivity index is 1.62. The van der Waals surface area contributed by atoms with E-state index in [2.05, 4.69) is 4.72 Å². The average Bonchev–Trinajstić information content (AvgIpc) is 3.48. The predicted molar refractivity (Wildman–Crippen MR) is 161 cm³/mol. The van der Waals surface area contributed by atoms with Crippen LogP contribution in [0.2, 0.25) is 0 Å². The Bertz CT molecular complexity index is 1700. The minimum absolute atomic E-state index is 0.00138. The first-order chi connectivity index (χ1) is 19.8. The molecule has 1 saturated heterocycles. The van der Waals surface area contributed by atoms with Gasteiger partial charge in [0.1, 0.15) is 5.41 Å². The van der Waals surface area contributed by atoms with Gasteiger partial charge < -0.3 is 4.90 Å². The summed E-state index contributed by atoms with van der Waals surface area (Å²) in [5, 5.41) is 0.503. The van der Waals surface area contributed by atoms with Crippen LogP contribution < -0.4 is 4.72 Å². The van der Waals surface area contributed by atoms with E-state index >= 15 is 0 Å². The van der Waals surface area contributed by atoms with Crippen LogP contribution in [0, 0.1) is 6.92 Å². The summed E-state index contributed by atoms with van der Waals surface area (Å²) in [6.07, 6.45) is 0. The van der Waals surface area contributed by atoms with E-state index in [1.165, 1.54) is 23.9 Å². The van der Waals surface area contributed by atoms with Gasteiger partial charge in [0.25, 0.3) is 15.9 Å². The first-order valence-corrected chi connectivity index (χ1v) is 15.8. The molecule has 1 fully saturated rings. The number of carbonyl (C=O) groups is 2. The molecule has 1 atom stereocenters. The molecular formula is C33H28N2O4S2. The second-order valence-electron chi connectivity index (χ2n) is 10.2. The van der Waals surface area contributed by atoms with E-state index in [1.54, 1.807) is 17.0 Å². The Morgan fingerprint density at radius 2 is 1.37 bits per heavy atom. The fraction of sp³-hybridized carbons (Fsp3) is 0.152. The third-order valence-electron chi connectivity index (χ3n) is 7.73. The molecule has 0 aliphatic carbocycles. The van der Waals surface area contributed by atoms with Gasteiger partial charge >= 0.3 is 0 Å². The van der Waals surface area contributed by atoms with E-state index in [0.717, 1.165) is 22.3 Å². The largest absolute Gasteiger partial charge is 0.304 e. The maximum absolute atomic E-state index is 14.8. The Morgan fingerprint density at radius 1 is 0.829 bits per heavy atom. The number of rotatable bonds is 6. The van der Waals surface area contributed by atoms with Gasteiger partial charge in [-0.3, -0.25) is 9.59 Å². The summed E-state index contributed by atoms with van der Waals surface area (Å²) in [5.74, 6) is -1.07. The normalized spacial score (nSPS) is 18.2. The van der Waals surface area contributed by atoms with Crippen LogP contribution in [0.1, 0.15) is 28.2 Å². The zero-order valence-corrected chi connectivity index (χ0v) is 24.0. The predicted octanol–water partition coefficient (Wildman–Crippen LogP) is 5.37. The molecule has 8 heteroatoms. The summed E-state index contributed by atoms with van der Waals surface area (Å²) in [6, 6.07) is 34.7. The molecule has 1 N–H and O–H groups in total. The first kappa shape index (κ1) is 27.1. The number of sulfonamides is 1. The highest BCUT2D eigenvalue weighted by molar-refractivity contribution is 8.03. The fourth-order valence-corrected chi connectivity index (χ4v) is 8.03. The van der Waals surface area contributed by atoms with E-state index in [9.17, 15) is 18.0 Å². The van der Waals surface area contributed by atoms with Crippen LogP contribution >= 0.6 is 11.8 Å². The van der Waals surface area contributed by atoms with Crippen molar-refractivity contribution in [1.82, 2.24) is 9.62 Å². The van der Waals surface area contributed by atoms with Crippen LogP contribution in [0.4, 0.5) is 0 Å². The van der Waals surface area contributed by atoms with Gasteiger partial charge in [0.05, 0.1) is 15.5 Å². The van der Waals surface area contributed by atoms with Crippen molar-refractivity contribution in [3.63, 3.8) is 0 Å². The number of nitrogens with one attached hydrogen (secondary N) is 1. The first-order valence-electron chi connectivity index (χ1n) is 13.3. The number of nitrogens with zero attached hydrogens (tertiary/aromatic N) is 1. The van der Waals surface area contributed by atoms with Crippen molar-refractivity contribution in [2.45, 2.75) is 23.2 Å². The van der Waals surface area contributed by atoms with Gasteiger partial charge in [-0.25, -0.2) is 13.1 Å². The van der Waals surface area contributed by atoms with E-state index in [1.807, 2.05) is 97.9 Å². The summed E-state index contributed by atoms with van der Waals surface area (Å²) < 4.78 is 29.3. The highest BCUT2D eigenvalue weighted by Crippen LogP contribution is 2.56. The number of thioether (sulfide) groups is 1. The lowest BCUT2D eigenvalue weighted by molar-refractivity contribution is -0.135. The van der Waals surface area contributed by atoms with Gasteiger partial charge in [0.2, 0.25) is 5.91 Å². The SMILES string of the molecule is Cc1ccc(S(=O)(=O)NC(=O)C2=C3SCCN3C(=O)C(c3ccccc3)(c3ccccc3)C2c2ccccc2)cc1. The molecule has 2 aliphatic rings. The Kier molecular flexibility index (Phi) is 7.05. The highest BCUT2D eigenvalue weighted by Gasteiger charge is 2.59. The highest BCUT2D eigenvalue weighted by atomic mass is 32.2. The standard InChI is InChI=1S/C33H28N2O4S2/c1-23-17-19-27(20-18-23)41(38,39)34-30(36)28-29(24-11-5-2-6-12-24)33(25-13-7-3-8-14-25,26-15-9-4-10-16-26)32(37)35-21-22-40-31(28)35/h2-20,29H,21-22H2,1H3,(H,34,36). The molecule has 41 heavy (non-hydrogen) atoms. The third-order valence-corrected chi connectivity index (χ3v) is 10.2. The number of amides is 2. The molecule has 2 heterocycles. The van der Waals surface area contributed by atoms with E-state index < -0.39 is 27.3 Å². The summed E-state index contributed by atoms with van der Waals surface area (Å²) >= 11 is 1.41. The van der Waals surface area contributed by atoms with Crippen molar-refractivity contribution >= 4 is 33.6 Å². The maximum Gasteiger partial charge on any atom is 0.264 e. The lowest BCUT2D eigenvalue weighted by atomic mass is 9.59. The molecule has 1 unspecified atom stereocenters. The molecule has 0 radical (unpaired) electrons. The quantitative estimate of drug-likeness (QED) is 0.332. The topological polar surface area (TPSA) is 83.6 Å². The number of hydrogen-bond acceptors (Lipinski definition) is 5. The zero-order chi connectivity index (χ0) is 28.6. The third kappa shape index (κ3) is 4.57. The molecule has 6 rings (SSSR count). The number of carbonyl (C=O) groups excluding carboxylic acids is 2. The van der Waals surface area contributed by atoms with Gasteiger partial charge in [-0.2, -0.15) is 0 Å². The van der Waals surface area contributed by atoms with Crippen molar-refractivity contribution in [3.8, 4) is 0 Å². The number of hydrogen-bond donors (Lipinski definition) is 1. The van der Waals surface area contributed by atoms with Crippen LogP contribution in [0.3, 0.4) is 0 Å². The van der Waals surface area contributed by atoms with Gasteiger partial charge in [-0.05, 0) is 35.7 Å². The number of fused-ring (bicyclic) bond motifs is 1. The maximum atomic E-state index is 14.8. The lowest BCUT2D eigenvalue weighted by Crippen LogP contribution is -2.56. The number of benzene rings is 4. The molecule has 4 aromatic carbocycles. The molecule has 6 nitrogen and oxygen atoms in total. The van der Waals surface area contributed by atoms with Gasteiger partial charge in [0.15, 0.2) is 0 Å². The second-order valence-corrected chi connectivity index (χ2v) is 12.9. The van der Waals surface area contributed by atoms with E-state index in [4.69, 9.17) is 0 Å². The van der Waals surface area contributed by atoms with Crippen LogP contribution in [-0.4, -0.2) is 37.4 Å². The van der Waals surface area contributed by atoms with Crippen molar-refractivity contribution in [2.75, 3.05) is 12.3 Å². The van der Waals surface area contributed by atoms with Crippen molar-refractivity contribution in [3.05, 3.63) is 148 Å². The molecule has 0 spiro atoms. The van der Waals surface area contributed by atoms with Crippen molar-refractivity contribution in [1.29, 1.82) is 0 Å². The van der Waals surface area contributed by atoms with Gasteiger partial charge in [-0.1, -0.05) is 109 Å². The van der Waals surface area contributed by atoms with Crippen LogP contribution in [0.5, 0.6) is 0 Å². The molecule has 4 aromatic rings. The van der Waals surface area contributed by atoms with E-state index in [0.29, 0.717) is 17.3 Å². The van der Waals surface area contributed by atoms with Crippen molar-refractivity contribution < 1.29 is 18.0 Å². The number of aryl methyl sites for hydroxylation is 1. The van der Waals surface area contributed by atoms with Crippen LogP contribution in [-0.2, 0) is 25.0 Å². The zero-order valence-electron chi connectivity index (χ0n) is 22.4. The van der Waals surface area contributed by atoms with Crippen LogP contribution in [0.25, 0.3) is 0 Å². The summed E-state index contributed by atoms with van der Waals surface area (Å²) in [5.41, 5.74) is 2.05. The van der Waals surface area contributed by atoms with E-state index in [-0.39, 0.29) is 16.4 Å². The second kappa shape index (κ2) is 10.7. The summed E-state index contributed by atoms with van der Waals surface area (Å²) in [6.45, 7) is 2.28. The van der Waals surface area contributed by atoms with Crippen molar-refractivity contribution in [2.24, 2.45) is 0 Å². The Morgan fingerprint density at radius 3 is 1.93 bits per heavy atom. The fourth-order valence-electron chi connectivity index (χ4n) is 5.90. The minimum atomic E-state index is -4.19. The molecule has 0 aromatic heterocycles. The molecule has 2 aliphatic heterocycles. The Labute approximate surface area is 244 Å². The summed E-state index contributed by atoms with van der Waals surface area (Å²) in [7, 11) is -4.19. The molecule has 0 saturated carbocycles. The molecule has 0 bridgehead atoms. The van der Waals surface area contributed by atoms with Gasteiger partial charge in [-0.15, -0.1) is 11.8 Å².